The van der Waals surface area contributed by atoms with Crippen LogP contribution in [0.4, 0.5) is 18.3 Å². The van der Waals surface area contributed by atoms with Gasteiger partial charge in [-0.25, -0.2) is 4.98 Å². The minimum atomic E-state index is -4.47. The van der Waals surface area contributed by atoms with E-state index in [0.29, 0.717) is 0 Å². The van der Waals surface area contributed by atoms with Crippen molar-refractivity contribution in [2.24, 2.45) is 0 Å². The summed E-state index contributed by atoms with van der Waals surface area (Å²) in [5, 5.41) is 2.51. The average molecular weight is 278 g/mol. The van der Waals surface area contributed by atoms with Gasteiger partial charge in [0, 0.05) is 4.88 Å². The molecule has 100 valence electrons. The summed E-state index contributed by atoms with van der Waals surface area (Å²) in [5.74, 6) is -1.05. The Morgan fingerprint density at radius 3 is 2.72 bits per heavy atom. The number of anilines is 1. The number of hydrogen-bond acceptors (Lipinski definition) is 3. The molecule has 0 atom stereocenters. The molecule has 7 heteroatoms. The van der Waals surface area contributed by atoms with E-state index in [4.69, 9.17) is 0 Å². The van der Waals surface area contributed by atoms with E-state index >= 15 is 0 Å². The first-order valence-corrected chi connectivity index (χ1v) is 6.61. The molecule has 1 N–H and O–H groups in total. The zero-order valence-corrected chi connectivity index (χ0v) is 10.5. The van der Waals surface area contributed by atoms with Gasteiger partial charge in [-0.1, -0.05) is 6.42 Å². The first-order chi connectivity index (χ1) is 8.44. The lowest BCUT2D eigenvalue weighted by molar-refractivity contribution is -0.150. The van der Waals surface area contributed by atoms with Gasteiger partial charge >= 0.3 is 6.18 Å². The SMILES string of the molecule is O=C(CC(F)(F)F)Nc1nc2c(s1)CCCCC2. The monoisotopic (exact) mass is 278 g/mol. The van der Waals surface area contributed by atoms with Gasteiger partial charge in [0.15, 0.2) is 5.13 Å². The molecule has 0 unspecified atom stereocenters. The Morgan fingerprint density at radius 1 is 1.28 bits per heavy atom. The van der Waals surface area contributed by atoms with E-state index in [9.17, 15) is 18.0 Å². The molecular weight excluding hydrogens is 265 g/mol. The lowest BCUT2D eigenvalue weighted by atomic mass is 10.2. The number of carbonyl (C=O) groups excluding carboxylic acids is 1. The van der Waals surface area contributed by atoms with Crippen molar-refractivity contribution >= 4 is 22.4 Å². The molecule has 0 aliphatic heterocycles. The van der Waals surface area contributed by atoms with Crippen LogP contribution in [0.25, 0.3) is 0 Å². The molecule has 3 nitrogen and oxygen atoms in total. The minimum absolute atomic E-state index is 0.288. The Labute approximate surface area is 106 Å². The number of aryl methyl sites for hydroxylation is 2. The molecule has 1 aromatic rings. The summed E-state index contributed by atoms with van der Waals surface area (Å²) in [6.45, 7) is 0. The van der Waals surface area contributed by atoms with E-state index in [1.165, 1.54) is 11.3 Å². The molecule has 0 aromatic carbocycles. The van der Waals surface area contributed by atoms with Crippen molar-refractivity contribution in [2.45, 2.75) is 44.7 Å². The van der Waals surface area contributed by atoms with Crippen LogP contribution in [0.3, 0.4) is 0 Å². The Kier molecular flexibility index (Phi) is 3.89. The molecule has 2 rings (SSSR count). The standard InChI is InChI=1S/C11H13F3N2OS/c12-11(13,14)6-9(17)16-10-15-7-4-2-1-3-5-8(7)18-10/h1-6H2,(H,15,16,17). The first kappa shape index (κ1) is 13.3. The van der Waals surface area contributed by atoms with Gasteiger partial charge in [-0.3, -0.25) is 4.79 Å². The number of aromatic nitrogens is 1. The highest BCUT2D eigenvalue weighted by atomic mass is 32.1. The minimum Gasteiger partial charge on any atom is -0.302 e. The second-order valence-corrected chi connectivity index (χ2v) is 5.37. The molecule has 1 aliphatic carbocycles. The highest BCUT2D eigenvalue weighted by Gasteiger charge is 2.31. The maximum absolute atomic E-state index is 12.0. The number of amides is 1. The van der Waals surface area contributed by atoms with Crippen LogP contribution in [0.2, 0.25) is 0 Å². The van der Waals surface area contributed by atoms with Crippen LogP contribution >= 0.6 is 11.3 Å². The van der Waals surface area contributed by atoms with E-state index in [-0.39, 0.29) is 5.13 Å². The van der Waals surface area contributed by atoms with E-state index in [1.807, 2.05) is 0 Å². The van der Waals surface area contributed by atoms with Crippen LogP contribution in [0.15, 0.2) is 0 Å². The van der Waals surface area contributed by atoms with Crippen molar-refractivity contribution in [3.05, 3.63) is 10.6 Å². The molecular formula is C11H13F3N2OS. The van der Waals surface area contributed by atoms with Crippen LogP contribution in [0.5, 0.6) is 0 Å². The fourth-order valence-corrected chi connectivity index (χ4v) is 2.99. The summed E-state index contributed by atoms with van der Waals surface area (Å²) < 4.78 is 36.0. The number of carbonyl (C=O) groups is 1. The molecule has 0 radical (unpaired) electrons. The zero-order valence-electron chi connectivity index (χ0n) is 9.64. The van der Waals surface area contributed by atoms with Crippen molar-refractivity contribution in [3.8, 4) is 0 Å². The number of rotatable bonds is 2. The van der Waals surface area contributed by atoms with Gasteiger partial charge in [0.1, 0.15) is 6.42 Å². The van der Waals surface area contributed by atoms with Gasteiger partial charge in [0.2, 0.25) is 5.91 Å². The molecule has 0 bridgehead atoms. The van der Waals surface area contributed by atoms with Crippen molar-refractivity contribution < 1.29 is 18.0 Å². The van der Waals surface area contributed by atoms with Gasteiger partial charge in [0.05, 0.1) is 5.69 Å². The predicted octanol–water partition coefficient (Wildman–Crippen LogP) is 3.30. The molecule has 1 heterocycles. The summed E-state index contributed by atoms with van der Waals surface area (Å²) in [7, 11) is 0. The van der Waals surface area contributed by atoms with Crippen LogP contribution < -0.4 is 5.32 Å². The predicted molar refractivity (Wildman–Crippen MR) is 62.7 cm³/mol. The molecule has 0 saturated heterocycles. The van der Waals surface area contributed by atoms with Crippen LogP contribution in [0, 0.1) is 0 Å². The van der Waals surface area contributed by atoms with Crippen LogP contribution in [-0.2, 0) is 17.6 Å². The number of nitrogens with zero attached hydrogens (tertiary/aromatic N) is 1. The second kappa shape index (κ2) is 5.26. The van der Waals surface area contributed by atoms with Gasteiger partial charge < -0.3 is 5.32 Å². The van der Waals surface area contributed by atoms with Crippen LogP contribution in [0.1, 0.15) is 36.3 Å². The Morgan fingerprint density at radius 2 is 2.00 bits per heavy atom. The number of alkyl halides is 3. The highest BCUT2D eigenvalue weighted by Crippen LogP contribution is 2.29. The molecule has 1 aliphatic rings. The topological polar surface area (TPSA) is 42.0 Å². The van der Waals surface area contributed by atoms with Gasteiger partial charge in [-0.2, -0.15) is 13.2 Å². The lowest BCUT2D eigenvalue weighted by Crippen LogP contribution is -2.21. The van der Waals surface area contributed by atoms with Gasteiger partial charge in [-0.15, -0.1) is 11.3 Å². The second-order valence-electron chi connectivity index (χ2n) is 4.29. The van der Waals surface area contributed by atoms with Crippen molar-refractivity contribution in [1.82, 2.24) is 4.98 Å². The summed E-state index contributed by atoms with van der Waals surface area (Å²) in [4.78, 5) is 16.4. The molecule has 0 fully saturated rings. The molecule has 0 spiro atoms. The van der Waals surface area contributed by atoms with E-state index in [0.717, 1.165) is 42.7 Å². The third-order valence-electron chi connectivity index (χ3n) is 2.70. The molecule has 1 aromatic heterocycles. The summed E-state index contributed by atoms with van der Waals surface area (Å²) in [6, 6.07) is 0. The molecule has 0 saturated carbocycles. The first-order valence-electron chi connectivity index (χ1n) is 5.79. The number of thiazole rings is 1. The lowest BCUT2D eigenvalue weighted by Gasteiger charge is -2.05. The summed E-state index contributed by atoms with van der Waals surface area (Å²) >= 11 is 1.29. The van der Waals surface area contributed by atoms with E-state index < -0.39 is 18.5 Å². The number of fused-ring (bicyclic) bond motifs is 1. The van der Waals surface area contributed by atoms with Crippen molar-refractivity contribution in [2.75, 3.05) is 5.32 Å². The Balaban J connectivity index is 2.00. The van der Waals surface area contributed by atoms with Gasteiger partial charge in [0.25, 0.3) is 0 Å². The number of hydrogen-bond donors (Lipinski definition) is 1. The smallest absolute Gasteiger partial charge is 0.302 e. The Bertz CT molecular complexity index is 418. The maximum atomic E-state index is 12.0. The average Bonchev–Trinajstić information content (AvgIpc) is 2.44. The molecule has 18 heavy (non-hydrogen) atoms. The van der Waals surface area contributed by atoms with Crippen LogP contribution in [-0.4, -0.2) is 17.1 Å². The quantitative estimate of drug-likeness (QED) is 0.843. The fourth-order valence-electron chi connectivity index (χ4n) is 1.93. The van der Waals surface area contributed by atoms with Gasteiger partial charge in [-0.05, 0) is 25.7 Å². The zero-order chi connectivity index (χ0) is 13.2. The van der Waals surface area contributed by atoms with E-state index in [1.54, 1.807) is 0 Å². The highest BCUT2D eigenvalue weighted by molar-refractivity contribution is 7.15. The number of nitrogens with one attached hydrogen (secondary N) is 1. The summed E-state index contributed by atoms with van der Waals surface area (Å²) in [6.07, 6.45) is -0.907. The summed E-state index contributed by atoms with van der Waals surface area (Å²) in [5.41, 5.74) is 0.930. The van der Waals surface area contributed by atoms with E-state index in [2.05, 4.69) is 10.3 Å². The third kappa shape index (κ3) is 3.69. The fraction of sp³-hybridized carbons (Fsp3) is 0.636. The maximum Gasteiger partial charge on any atom is 0.397 e. The Hall–Kier alpha value is -1.11. The molecule has 1 amide bonds. The van der Waals surface area contributed by atoms with Crippen molar-refractivity contribution in [3.63, 3.8) is 0 Å². The normalized spacial score (nSPS) is 15.9. The van der Waals surface area contributed by atoms with Crippen molar-refractivity contribution in [1.29, 1.82) is 0 Å². The third-order valence-corrected chi connectivity index (χ3v) is 3.78. The number of halogens is 3. The largest absolute Gasteiger partial charge is 0.397 e.